The van der Waals surface area contributed by atoms with Gasteiger partial charge in [-0.3, -0.25) is 14.9 Å². The van der Waals surface area contributed by atoms with E-state index >= 15 is 0 Å². The predicted octanol–water partition coefficient (Wildman–Crippen LogP) is 2.03. The molecule has 2 aliphatic heterocycles. The van der Waals surface area contributed by atoms with Crippen LogP contribution in [0.25, 0.3) is 5.48 Å². The summed E-state index contributed by atoms with van der Waals surface area (Å²) < 4.78 is 63.6. The SMILES string of the molecule is CC.CCS(=O)(=O)c1ccc(C(CO)O[N-]c2cnc3c(c2)CN(C)C3)nc1.FC(F)(F)C1CCCCO1.[K+]. The van der Waals surface area contributed by atoms with Crippen molar-refractivity contribution in [1.82, 2.24) is 14.9 Å². The van der Waals surface area contributed by atoms with Gasteiger partial charge in [-0.2, -0.15) is 13.2 Å². The smallest absolute Gasteiger partial charge is 0.560 e. The van der Waals surface area contributed by atoms with Crippen molar-refractivity contribution >= 4 is 15.5 Å². The molecule has 214 valence electrons. The number of fused-ring (bicyclic) bond motifs is 1. The Bertz CT molecular complexity index is 1100. The van der Waals surface area contributed by atoms with Crippen LogP contribution in [0.4, 0.5) is 18.9 Å². The molecule has 0 aromatic carbocycles. The summed E-state index contributed by atoms with van der Waals surface area (Å²) in [6, 6.07) is 4.89. The molecule has 2 aromatic rings. The maximum absolute atomic E-state index is 11.8. The Morgan fingerprint density at radius 2 is 1.92 bits per heavy atom. The van der Waals surface area contributed by atoms with E-state index in [1.54, 1.807) is 13.1 Å². The summed E-state index contributed by atoms with van der Waals surface area (Å²) in [6.07, 6.45) is -2.03. The van der Waals surface area contributed by atoms with Crippen LogP contribution >= 0.6 is 0 Å². The van der Waals surface area contributed by atoms with Crippen LogP contribution in [0.2, 0.25) is 0 Å². The summed E-state index contributed by atoms with van der Waals surface area (Å²) in [5, 5.41) is 9.56. The van der Waals surface area contributed by atoms with Crippen molar-refractivity contribution in [3.05, 3.63) is 53.0 Å². The van der Waals surface area contributed by atoms with Crippen LogP contribution < -0.4 is 51.4 Å². The maximum Gasteiger partial charge on any atom is 1.00 e. The second-order valence-electron chi connectivity index (χ2n) is 8.56. The third-order valence-electron chi connectivity index (χ3n) is 5.73. The molecule has 2 aromatic heterocycles. The number of rotatable bonds is 7. The number of ether oxygens (including phenoxy) is 1. The fourth-order valence-electron chi connectivity index (χ4n) is 3.69. The van der Waals surface area contributed by atoms with Crippen molar-refractivity contribution in [2.24, 2.45) is 0 Å². The zero-order valence-corrected chi connectivity index (χ0v) is 27.0. The van der Waals surface area contributed by atoms with Crippen molar-refractivity contribution in [1.29, 1.82) is 0 Å². The number of aliphatic hydroxyl groups excluding tert-OH is 1. The van der Waals surface area contributed by atoms with E-state index in [4.69, 9.17) is 4.84 Å². The van der Waals surface area contributed by atoms with Crippen LogP contribution in [0, 0.1) is 0 Å². The Labute approximate surface area is 271 Å². The Kier molecular flexibility index (Phi) is 16.1. The van der Waals surface area contributed by atoms with Crippen LogP contribution in [-0.2, 0) is 32.5 Å². The van der Waals surface area contributed by atoms with Gasteiger partial charge in [0.05, 0.1) is 28.6 Å². The summed E-state index contributed by atoms with van der Waals surface area (Å²) in [7, 11) is -1.30. The van der Waals surface area contributed by atoms with E-state index in [1.165, 1.54) is 18.3 Å². The summed E-state index contributed by atoms with van der Waals surface area (Å²) >= 11 is 0. The third-order valence-corrected chi connectivity index (χ3v) is 7.45. The number of halogens is 3. The zero-order chi connectivity index (χ0) is 28.3. The molecule has 1 saturated heterocycles. The van der Waals surface area contributed by atoms with Crippen molar-refractivity contribution in [2.45, 2.75) is 76.4 Å². The van der Waals surface area contributed by atoms with Gasteiger partial charge in [0.25, 0.3) is 0 Å². The van der Waals surface area contributed by atoms with E-state index in [0.29, 0.717) is 17.8 Å². The molecular weight excluding hydrogens is 564 g/mol. The van der Waals surface area contributed by atoms with Crippen molar-refractivity contribution in [3.8, 4) is 0 Å². The molecule has 39 heavy (non-hydrogen) atoms. The Morgan fingerprint density at radius 3 is 2.44 bits per heavy atom. The average molecular weight is 601 g/mol. The molecule has 9 nitrogen and oxygen atoms in total. The predicted molar refractivity (Wildman–Crippen MR) is 136 cm³/mol. The minimum Gasteiger partial charge on any atom is -0.560 e. The molecule has 0 saturated carbocycles. The first-order valence-electron chi connectivity index (χ1n) is 12.5. The summed E-state index contributed by atoms with van der Waals surface area (Å²) in [5.74, 6) is 0.00378. The minimum atomic E-state index is -4.15. The monoisotopic (exact) mass is 600 g/mol. The van der Waals surface area contributed by atoms with Gasteiger partial charge in [0.2, 0.25) is 0 Å². The molecule has 2 aliphatic rings. The first-order valence-corrected chi connectivity index (χ1v) is 14.2. The number of aromatic nitrogens is 2. The summed E-state index contributed by atoms with van der Waals surface area (Å²) in [5.41, 5.74) is 7.13. The second-order valence-corrected chi connectivity index (χ2v) is 10.8. The number of hydrogen-bond acceptors (Lipinski definition) is 8. The fraction of sp³-hybridized carbons (Fsp3) is 0.600. The Balaban J connectivity index is 0.000000493. The van der Waals surface area contributed by atoms with Crippen molar-refractivity contribution in [3.63, 3.8) is 0 Å². The van der Waals surface area contributed by atoms with Gasteiger partial charge >= 0.3 is 57.6 Å². The number of nitrogens with zero attached hydrogens (tertiary/aromatic N) is 4. The first-order chi connectivity index (χ1) is 18.0. The molecule has 0 aliphatic carbocycles. The number of hydrogen-bond donors (Lipinski definition) is 1. The van der Waals surface area contributed by atoms with Crippen LogP contribution in [0.5, 0.6) is 0 Å². The molecule has 0 spiro atoms. The summed E-state index contributed by atoms with van der Waals surface area (Å²) in [6.45, 7) is 7.11. The largest absolute Gasteiger partial charge is 1.00 e. The van der Waals surface area contributed by atoms with Gasteiger partial charge in [-0.25, -0.2) is 8.42 Å². The van der Waals surface area contributed by atoms with Crippen molar-refractivity contribution < 1.29 is 87.7 Å². The third kappa shape index (κ3) is 11.3. The average Bonchev–Trinajstić information content (AvgIpc) is 3.30. The number of sulfone groups is 1. The number of pyridine rings is 2. The molecular formula is C25H36F3KN4O5S. The molecule has 1 N–H and O–H groups in total. The fourth-order valence-corrected chi connectivity index (χ4v) is 4.52. The normalized spacial score (nSPS) is 17.9. The molecule has 2 unspecified atom stereocenters. The Morgan fingerprint density at radius 1 is 1.21 bits per heavy atom. The topological polar surface area (TPSA) is 116 Å². The number of aliphatic hydroxyl groups is 1. The molecule has 0 radical (unpaired) electrons. The first kappa shape index (κ1) is 36.3. The molecule has 0 bridgehead atoms. The van der Waals surface area contributed by atoms with Gasteiger partial charge < -0.3 is 20.2 Å². The van der Waals surface area contributed by atoms with Crippen LogP contribution in [0.15, 0.2) is 35.5 Å². The van der Waals surface area contributed by atoms with Gasteiger partial charge in [-0.05, 0) is 44.0 Å². The number of alkyl halides is 3. The van der Waals surface area contributed by atoms with E-state index in [9.17, 15) is 26.7 Å². The van der Waals surface area contributed by atoms with Gasteiger partial charge in [-0.1, -0.05) is 26.8 Å². The molecule has 4 rings (SSSR count). The molecule has 1 fully saturated rings. The zero-order valence-electron chi connectivity index (χ0n) is 23.1. The standard InChI is InChI=1S/C17H21N4O4S.C6H9F3O.C2H6.K/c1-3-26(23,24)14-4-5-15(19-8-14)17(11-22)25-20-13-6-12-9-21(2)10-16(12)18-7-13;7-6(8,9)5-3-1-2-4-10-5;1-2;/h4-8,17,22H,3,9-11H2,1-2H3;5H,1-4H2;1-2H3;/q-1;;;+1. The molecule has 2 atom stereocenters. The minimum absolute atomic E-state index is 0. The van der Waals surface area contributed by atoms with E-state index < -0.39 is 28.2 Å². The van der Waals surface area contributed by atoms with Crippen LogP contribution in [0.3, 0.4) is 0 Å². The molecule has 0 amide bonds. The van der Waals surface area contributed by atoms with E-state index in [2.05, 4.69) is 25.1 Å². The van der Waals surface area contributed by atoms with Gasteiger partial charge in [0, 0.05) is 32.1 Å². The van der Waals surface area contributed by atoms with Gasteiger partial charge in [-0.15, -0.1) is 5.69 Å². The maximum atomic E-state index is 11.8. The summed E-state index contributed by atoms with van der Waals surface area (Å²) in [4.78, 5) is 16.2. The van der Waals surface area contributed by atoms with E-state index in [-0.39, 0.29) is 81.7 Å². The quantitative estimate of drug-likeness (QED) is 0.379. The molecule has 4 heterocycles. The molecule has 14 heteroatoms. The van der Waals surface area contributed by atoms with E-state index in [1.807, 2.05) is 27.0 Å². The van der Waals surface area contributed by atoms with Crippen LogP contribution in [-0.4, -0.2) is 66.7 Å². The van der Waals surface area contributed by atoms with Crippen molar-refractivity contribution in [2.75, 3.05) is 26.0 Å². The Hall–Kier alpha value is -0.684. The van der Waals surface area contributed by atoms with Crippen LogP contribution in [0.1, 0.15) is 63.1 Å². The van der Waals surface area contributed by atoms with Gasteiger partial charge in [0.15, 0.2) is 15.9 Å². The van der Waals surface area contributed by atoms with E-state index in [0.717, 1.165) is 30.8 Å². The second kappa shape index (κ2) is 17.3. The van der Waals surface area contributed by atoms with Gasteiger partial charge in [0.1, 0.15) is 6.10 Å².